The van der Waals surface area contributed by atoms with Crippen LogP contribution in [0.2, 0.25) is 0 Å². The number of non-ortho nitro benzene ring substituents is 1. The number of hydrogen-bond acceptors (Lipinski definition) is 5. The zero-order valence-electron chi connectivity index (χ0n) is 15.1. The number of nitro benzene ring substituents is 1. The SMILES string of the molecule is O=C(NC[C@H](c1ccco1)N1CCc2ccccc21)c1cccc([N+](=O)[O-])c1. The van der Waals surface area contributed by atoms with E-state index in [9.17, 15) is 14.9 Å². The van der Waals surface area contributed by atoms with Gasteiger partial charge in [0.05, 0.1) is 11.2 Å². The van der Waals surface area contributed by atoms with E-state index in [4.69, 9.17) is 4.42 Å². The van der Waals surface area contributed by atoms with Crippen molar-refractivity contribution < 1.29 is 14.1 Å². The van der Waals surface area contributed by atoms with Gasteiger partial charge in [-0.1, -0.05) is 24.3 Å². The van der Waals surface area contributed by atoms with Gasteiger partial charge in [0.1, 0.15) is 11.8 Å². The molecule has 1 aliphatic rings. The molecule has 1 atom stereocenters. The Kier molecular flexibility index (Phi) is 4.80. The molecule has 7 heteroatoms. The quantitative estimate of drug-likeness (QED) is 0.522. The summed E-state index contributed by atoms with van der Waals surface area (Å²) in [6, 6.07) is 17.5. The molecule has 1 amide bonds. The third kappa shape index (κ3) is 3.46. The van der Waals surface area contributed by atoms with Crippen molar-refractivity contribution in [3.8, 4) is 0 Å². The summed E-state index contributed by atoms with van der Waals surface area (Å²) in [6.07, 6.45) is 2.55. The maximum absolute atomic E-state index is 12.6. The van der Waals surface area contributed by atoms with E-state index in [2.05, 4.69) is 22.3 Å². The number of rotatable bonds is 6. The average molecular weight is 377 g/mol. The van der Waals surface area contributed by atoms with E-state index in [1.165, 1.54) is 23.8 Å². The van der Waals surface area contributed by atoms with Gasteiger partial charge in [-0.2, -0.15) is 0 Å². The second kappa shape index (κ2) is 7.56. The van der Waals surface area contributed by atoms with Crippen LogP contribution in [0.25, 0.3) is 0 Å². The Morgan fingerprint density at radius 3 is 2.82 bits per heavy atom. The van der Waals surface area contributed by atoms with E-state index in [1.807, 2.05) is 24.3 Å². The minimum Gasteiger partial charge on any atom is -0.467 e. The first-order valence-corrected chi connectivity index (χ1v) is 9.04. The predicted octanol–water partition coefficient (Wildman–Crippen LogP) is 3.72. The fourth-order valence-electron chi connectivity index (χ4n) is 3.58. The predicted molar refractivity (Wildman–Crippen MR) is 104 cm³/mol. The number of furan rings is 1. The lowest BCUT2D eigenvalue weighted by molar-refractivity contribution is -0.384. The molecular formula is C21H19N3O4. The number of amides is 1. The topological polar surface area (TPSA) is 88.6 Å². The largest absolute Gasteiger partial charge is 0.467 e. The summed E-state index contributed by atoms with van der Waals surface area (Å²) in [7, 11) is 0. The maximum atomic E-state index is 12.6. The summed E-state index contributed by atoms with van der Waals surface area (Å²) >= 11 is 0. The standard InChI is InChI=1S/C21H19N3O4/c25-21(16-6-3-7-17(13-16)24(26)27)22-14-19(20-9-4-12-28-20)23-11-10-15-5-1-2-8-18(15)23/h1-9,12-13,19H,10-11,14H2,(H,22,25)/t19-/m1/s1. The first-order chi connectivity index (χ1) is 13.6. The molecule has 1 aromatic heterocycles. The van der Waals surface area contributed by atoms with Crippen molar-refractivity contribution in [3.05, 3.63) is 93.9 Å². The summed E-state index contributed by atoms with van der Waals surface area (Å²) in [5.41, 5.74) is 2.55. The molecule has 1 N–H and O–H groups in total. The number of benzene rings is 2. The zero-order chi connectivity index (χ0) is 19.5. The summed E-state index contributed by atoms with van der Waals surface area (Å²) in [6.45, 7) is 1.15. The van der Waals surface area contributed by atoms with Gasteiger partial charge in [-0.25, -0.2) is 0 Å². The zero-order valence-corrected chi connectivity index (χ0v) is 15.1. The minimum atomic E-state index is -0.510. The Hall–Kier alpha value is -3.61. The summed E-state index contributed by atoms with van der Waals surface area (Å²) in [4.78, 5) is 25.2. The molecule has 1 aliphatic heterocycles. The fourth-order valence-corrected chi connectivity index (χ4v) is 3.58. The van der Waals surface area contributed by atoms with Crippen LogP contribution < -0.4 is 10.2 Å². The van der Waals surface area contributed by atoms with E-state index in [0.29, 0.717) is 6.54 Å². The monoisotopic (exact) mass is 377 g/mol. The van der Waals surface area contributed by atoms with Crippen LogP contribution in [0, 0.1) is 10.1 Å². The number of carbonyl (C=O) groups is 1. The van der Waals surface area contributed by atoms with Crippen LogP contribution in [0.15, 0.2) is 71.3 Å². The lowest BCUT2D eigenvalue weighted by atomic mass is 10.1. The van der Waals surface area contributed by atoms with Crippen LogP contribution in [0.3, 0.4) is 0 Å². The Morgan fingerprint density at radius 2 is 2.04 bits per heavy atom. The number of nitrogens with one attached hydrogen (secondary N) is 1. The van der Waals surface area contributed by atoms with Gasteiger partial charge in [-0.3, -0.25) is 14.9 Å². The van der Waals surface area contributed by atoms with Crippen molar-refractivity contribution in [1.29, 1.82) is 0 Å². The van der Waals surface area contributed by atoms with Crippen LogP contribution in [0.5, 0.6) is 0 Å². The molecule has 2 aromatic carbocycles. The first kappa shape index (κ1) is 17.8. The molecule has 0 saturated heterocycles. The Morgan fingerprint density at radius 1 is 1.18 bits per heavy atom. The molecule has 0 fully saturated rings. The summed E-state index contributed by atoms with van der Waals surface area (Å²) in [5, 5.41) is 13.8. The third-order valence-corrected chi connectivity index (χ3v) is 4.95. The van der Waals surface area contributed by atoms with Gasteiger partial charge < -0.3 is 14.6 Å². The molecule has 2 heterocycles. The smallest absolute Gasteiger partial charge is 0.270 e. The van der Waals surface area contributed by atoms with Crippen LogP contribution in [-0.2, 0) is 6.42 Å². The summed E-state index contributed by atoms with van der Waals surface area (Å²) < 4.78 is 5.63. The number of nitrogens with zero attached hydrogens (tertiary/aromatic N) is 2. The number of hydrogen-bond donors (Lipinski definition) is 1. The van der Waals surface area contributed by atoms with Crippen molar-refractivity contribution in [1.82, 2.24) is 5.32 Å². The molecule has 4 rings (SSSR count). The van der Waals surface area contributed by atoms with Gasteiger partial charge in [0.25, 0.3) is 11.6 Å². The first-order valence-electron chi connectivity index (χ1n) is 9.04. The molecule has 0 radical (unpaired) electrons. The van der Waals surface area contributed by atoms with Gasteiger partial charge in [0.15, 0.2) is 0 Å². The molecule has 0 bridgehead atoms. The second-order valence-electron chi connectivity index (χ2n) is 6.62. The highest BCUT2D eigenvalue weighted by Crippen LogP contribution is 2.35. The Labute approximate surface area is 161 Å². The van der Waals surface area contributed by atoms with Gasteiger partial charge in [-0.15, -0.1) is 0 Å². The lowest BCUT2D eigenvalue weighted by Gasteiger charge is -2.29. The van der Waals surface area contributed by atoms with Crippen LogP contribution in [0.1, 0.15) is 27.7 Å². The fraction of sp³-hybridized carbons (Fsp3) is 0.190. The minimum absolute atomic E-state index is 0.108. The van der Waals surface area contributed by atoms with E-state index < -0.39 is 4.92 Å². The molecule has 7 nitrogen and oxygen atoms in total. The third-order valence-electron chi connectivity index (χ3n) is 4.95. The highest BCUT2D eigenvalue weighted by atomic mass is 16.6. The Balaban J connectivity index is 1.54. The van der Waals surface area contributed by atoms with Crippen molar-refractivity contribution >= 4 is 17.3 Å². The highest BCUT2D eigenvalue weighted by Gasteiger charge is 2.29. The van der Waals surface area contributed by atoms with Crippen LogP contribution >= 0.6 is 0 Å². The van der Waals surface area contributed by atoms with Gasteiger partial charge in [-0.05, 0) is 36.2 Å². The van der Waals surface area contributed by atoms with Crippen LogP contribution in [-0.4, -0.2) is 23.9 Å². The Bertz CT molecular complexity index is 1000. The average Bonchev–Trinajstić information content (AvgIpc) is 3.39. The van der Waals surface area contributed by atoms with E-state index in [0.717, 1.165) is 24.4 Å². The molecule has 0 aliphatic carbocycles. The summed E-state index contributed by atoms with van der Waals surface area (Å²) in [5.74, 6) is 0.406. The number of fused-ring (bicyclic) bond motifs is 1. The van der Waals surface area contributed by atoms with Gasteiger partial charge in [0, 0.05) is 36.5 Å². The molecular weight excluding hydrogens is 358 g/mol. The lowest BCUT2D eigenvalue weighted by Crippen LogP contribution is -2.37. The number of anilines is 1. The molecule has 28 heavy (non-hydrogen) atoms. The molecule has 0 unspecified atom stereocenters. The maximum Gasteiger partial charge on any atom is 0.270 e. The van der Waals surface area contributed by atoms with Crippen LogP contribution in [0.4, 0.5) is 11.4 Å². The number of carbonyl (C=O) groups excluding carboxylic acids is 1. The van der Waals surface area contributed by atoms with E-state index >= 15 is 0 Å². The highest BCUT2D eigenvalue weighted by molar-refractivity contribution is 5.94. The number of para-hydroxylation sites is 1. The van der Waals surface area contributed by atoms with Crippen molar-refractivity contribution in [2.24, 2.45) is 0 Å². The van der Waals surface area contributed by atoms with Gasteiger partial charge in [0.2, 0.25) is 0 Å². The number of nitro groups is 1. The molecule has 3 aromatic rings. The van der Waals surface area contributed by atoms with Gasteiger partial charge >= 0.3 is 0 Å². The molecule has 142 valence electrons. The molecule has 0 spiro atoms. The van der Waals surface area contributed by atoms with Crippen molar-refractivity contribution in [3.63, 3.8) is 0 Å². The molecule has 0 saturated carbocycles. The van der Waals surface area contributed by atoms with Crippen molar-refractivity contribution in [2.45, 2.75) is 12.5 Å². The van der Waals surface area contributed by atoms with E-state index in [1.54, 1.807) is 12.3 Å². The normalized spacial score (nSPS) is 13.8. The van der Waals surface area contributed by atoms with Crippen molar-refractivity contribution in [2.75, 3.05) is 18.0 Å². The second-order valence-corrected chi connectivity index (χ2v) is 6.62. The van der Waals surface area contributed by atoms with E-state index in [-0.39, 0.29) is 23.2 Å².